The van der Waals surface area contributed by atoms with Gasteiger partial charge < -0.3 is 4.57 Å². The van der Waals surface area contributed by atoms with Crippen LogP contribution < -0.4 is 0 Å². The minimum atomic E-state index is -4.67. The van der Waals surface area contributed by atoms with Crippen LogP contribution in [-0.4, -0.2) is 27.1 Å². The van der Waals surface area contributed by atoms with Crippen LogP contribution in [0.25, 0.3) is 6.20 Å². The summed E-state index contributed by atoms with van der Waals surface area (Å²) in [5.41, 5.74) is 0. The first-order valence-electron chi connectivity index (χ1n) is 3.23. The molecule has 0 spiro atoms. The van der Waals surface area contributed by atoms with Crippen molar-refractivity contribution in [3.05, 3.63) is 24.8 Å². The summed E-state index contributed by atoms with van der Waals surface area (Å²) < 4.78 is 33.5. The van der Waals surface area contributed by atoms with E-state index < -0.39 is 10.4 Å². The smallest absolute Gasteiger partial charge is 0.313 e. The first-order chi connectivity index (χ1) is 5.93. The van der Waals surface area contributed by atoms with Gasteiger partial charge in [-0.15, -0.1) is 0 Å². The average molecular weight is 206 g/mol. The summed E-state index contributed by atoms with van der Waals surface area (Å²) in [5, 5.41) is 0. The summed E-state index contributed by atoms with van der Waals surface area (Å²) in [6.45, 7) is 1.97. The molecule has 0 amide bonds. The van der Waals surface area contributed by atoms with Gasteiger partial charge in [-0.3, -0.25) is 9.11 Å². The van der Waals surface area contributed by atoms with Crippen LogP contribution in [-0.2, 0) is 10.4 Å². The molecule has 0 bridgehead atoms. The molecule has 0 fully saturated rings. The highest BCUT2D eigenvalue weighted by atomic mass is 32.3. The number of allylic oxidation sites excluding steroid dienone is 1. The van der Waals surface area contributed by atoms with Crippen molar-refractivity contribution in [1.29, 1.82) is 0 Å². The summed E-state index contributed by atoms with van der Waals surface area (Å²) >= 11 is 0. The van der Waals surface area contributed by atoms with E-state index in [-0.39, 0.29) is 0 Å². The van der Waals surface area contributed by atoms with E-state index in [0.29, 0.717) is 0 Å². The Hall–Kier alpha value is -1.18. The zero-order chi connectivity index (χ0) is 10.3. The Bertz CT molecular complexity index is 333. The molecule has 0 saturated carbocycles. The highest BCUT2D eigenvalue weighted by molar-refractivity contribution is 7.79. The highest BCUT2D eigenvalue weighted by Crippen LogP contribution is 1.84. The Morgan fingerprint density at radius 2 is 2.00 bits per heavy atom. The summed E-state index contributed by atoms with van der Waals surface area (Å²) in [7, 11) is -4.67. The quantitative estimate of drug-likeness (QED) is 0.660. The van der Waals surface area contributed by atoms with Gasteiger partial charge in [0.2, 0.25) is 0 Å². The lowest BCUT2D eigenvalue weighted by atomic mass is 10.7. The molecule has 0 aliphatic heterocycles. The normalized spacial score (nSPS) is 11.0. The van der Waals surface area contributed by atoms with Crippen molar-refractivity contribution in [2.45, 2.75) is 6.92 Å². The lowest BCUT2D eigenvalue weighted by molar-refractivity contribution is 0.381. The molecule has 0 saturated heterocycles. The van der Waals surface area contributed by atoms with Gasteiger partial charge in [-0.2, -0.15) is 8.42 Å². The van der Waals surface area contributed by atoms with Crippen LogP contribution in [0.4, 0.5) is 0 Å². The van der Waals surface area contributed by atoms with Crippen molar-refractivity contribution >= 4 is 16.6 Å². The third-order valence-electron chi connectivity index (χ3n) is 0.846. The maximum atomic E-state index is 8.74. The van der Waals surface area contributed by atoms with E-state index in [4.69, 9.17) is 17.5 Å². The van der Waals surface area contributed by atoms with Gasteiger partial charge in [0.15, 0.2) is 0 Å². The van der Waals surface area contributed by atoms with E-state index >= 15 is 0 Å². The molecule has 0 atom stereocenters. The molecule has 74 valence electrons. The molecule has 7 heteroatoms. The molecule has 2 N–H and O–H groups in total. The summed E-state index contributed by atoms with van der Waals surface area (Å²) in [5.74, 6) is 0. The molecule has 1 rings (SSSR count). The van der Waals surface area contributed by atoms with E-state index in [1.165, 1.54) is 0 Å². The Morgan fingerprint density at radius 1 is 1.46 bits per heavy atom. The lowest BCUT2D eigenvalue weighted by Crippen LogP contribution is -1.89. The molecule has 13 heavy (non-hydrogen) atoms. The van der Waals surface area contributed by atoms with E-state index in [0.717, 1.165) is 0 Å². The van der Waals surface area contributed by atoms with Gasteiger partial charge in [0.05, 0.1) is 6.33 Å². The number of nitrogens with zero attached hydrogens (tertiary/aromatic N) is 2. The minimum Gasteiger partial charge on any atom is -0.313 e. The second kappa shape index (κ2) is 5.46. The zero-order valence-electron chi connectivity index (χ0n) is 6.90. The van der Waals surface area contributed by atoms with E-state index in [1.54, 1.807) is 12.5 Å². The minimum absolute atomic E-state index is 1.75. The van der Waals surface area contributed by atoms with Crippen molar-refractivity contribution in [3.8, 4) is 0 Å². The van der Waals surface area contributed by atoms with Crippen LogP contribution in [0.2, 0.25) is 0 Å². The first-order valence-corrected chi connectivity index (χ1v) is 4.63. The topological polar surface area (TPSA) is 92.4 Å². The van der Waals surface area contributed by atoms with Gasteiger partial charge in [0.25, 0.3) is 0 Å². The summed E-state index contributed by atoms with van der Waals surface area (Å²) in [6, 6.07) is 0. The molecule has 1 heterocycles. The number of rotatable bonds is 1. The molecule has 0 aromatic carbocycles. The van der Waals surface area contributed by atoms with Gasteiger partial charge >= 0.3 is 10.4 Å². The van der Waals surface area contributed by atoms with Crippen LogP contribution in [0.5, 0.6) is 0 Å². The Kier molecular flexibility index (Phi) is 4.97. The largest absolute Gasteiger partial charge is 0.394 e. The maximum Gasteiger partial charge on any atom is 0.394 e. The Labute approximate surface area is 76.1 Å². The number of hydrogen-bond acceptors (Lipinski definition) is 3. The third kappa shape index (κ3) is 10.8. The summed E-state index contributed by atoms with van der Waals surface area (Å²) in [4.78, 5) is 3.85. The van der Waals surface area contributed by atoms with Gasteiger partial charge in [0.1, 0.15) is 0 Å². The molecule has 6 nitrogen and oxygen atoms in total. The van der Waals surface area contributed by atoms with Crippen LogP contribution >= 0.6 is 0 Å². The maximum absolute atomic E-state index is 8.74. The Balaban J connectivity index is 0.000000252. The van der Waals surface area contributed by atoms with Crippen molar-refractivity contribution in [1.82, 2.24) is 9.55 Å². The summed E-state index contributed by atoms with van der Waals surface area (Å²) in [6.07, 6.45) is 9.29. The van der Waals surface area contributed by atoms with Crippen LogP contribution in [0.3, 0.4) is 0 Å². The standard InChI is InChI=1S/C6H8N2.H2O4S/c1-2-4-8-5-3-7-6-8;1-5(2,3)4/h2-6H,1H3;(H2,1,2,3,4). The number of aromatic nitrogens is 2. The van der Waals surface area contributed by atoms with Crippen LogP contribution in [0.1, 0.15) is 6.92 Å². The average Bonchev–Trinajstić information content (AvgIpc) is 2.36. The third-order valence-corrected chi connectivity index (χ3v) is 0.846. The van der Waals surface area contributed by atoms with Crippen molar-refractivity contribution < 1.29 is 17.5 Å². The van der Waals surface area contributed by atoms with Gasteiger partial charge in [-0.05, 0) is 6.92 Å². The fourth-order valence-electron chi connectivity index (χ4n) is 0.530. The van der Waals surface area contributed by atoms with E-state index in [2.05, 4.69) is 4.98 Å². The number of imidazole rings is 1. The SMILES string of the molecule is CC=Cn1ccnc1.O=S(=O)(O)O. The second-order valence-corrected chi connectivity index (χ2v) is 2.84. The van der Waals surface area contributed by atoms with Gasteiger partial charge in [-0.1, -0.05) is 6.08 Å². The van der Waals surface area contributed by atoms with Gasteiger partial charge in [0, 0.05) is 18.6 Å². The zero-order valence-corrected chi connectivity index (χ0v) is 7.72. The fourth-order valence-corrected chi connectivity index (χ4v) is 0.530. The predicted octanol–water partition coefficient (Wildman–Crippen LogP) is 0.721. The predicted molar refractivity (Wildman–Crippen MR) is 47.4 cm³/mol. The second-order valence-electron chi connectivity index (χ2n) is 1.94. The first kappa shape index (κ1) is 11.8. The molecule has 0 aliphatic rings. The van der Waals surface area contributed by atoms with Crippen molar-refractivity contribution in [3.63, 3.8) is 0 Å². The molecule has 0 aliphatic carbocycles. The number of hydrogen-bond donors (Lipinski definition) is 2. The van der Waals surface area contributed by atoms with E-state index in [9.17, 15) is 0 Å². The molecule has 0 radical (unpaired) electrons. The van der Waals surface area contributed by atoms with Gasteiger partial charge in [-0.25, -0.2) is 4.98 Å². The Morgan fingerprint density at radius 3 is 2.31 bits per heavy atom. The van der Waals surface area contributed by atoms with Crippen molar-refractivity contribution in [2.24, 2.45) is 0 Å². The molecule has 0 unspecified atom stereocenters. The van der Waals surface area contributed by atoms with E-state index in [1.807, 2.05) is 30.0 Å². The molecular formula is C6H10N2O4S. The highest BCUT2D eigenvalue weighted by Gasteiger charge is 1.84. The lowest BCUT2D eigenvalue weighted by Gasteiger charge is -1.83. The molecule has 1 aromatic rings. The fraction of sp³-hybridized carbons (Fsp3) is 0.167. The van der Waals surface area contributed by atoms with Crippen LogP contribution in [0, 0.1) is 0 Å². The van der Waals surface area contributed by atoms with Crippen LogP contribution in [0.15, 0.2) is 24.8 Å². The monoisotopic (exact) mass is 206 g/mol. The molecule has 1 aromatic heterocycles. The van der Waals surface area contributed by atoms with Crippen molar-refractivity contribution in [2.75, 3.05) is 0 Å². The molecular weight excluding hydrogens is 196 g/mol.